The van der Waals surface area contributed by atoms with Crippen LogP contribution in [0.25, 0.3) is 22.2 Å². The van der Waals surface area contributed by atoms with Crippen molar-refractivity contribution in [3.05, 3.63) is 105 Å². The molecule has 0 saturated carbocycles. The molecule has 0 fully saturated rings. The van der Waals surface area contributed by atoms with Crippen LogP contribution in [0.2, 0.25) is 0 Å². The van der Waals surface area contributed by atoms with Gasteiger partial charge in [0.15, 0.2) is 0 Å². The van der Waals surface area contributed by atoms with E-state index in [0.717, 1.165) is 39.1 Å². The Morgan fingerprint density at radius 1 is 1.03 bits per heavy atom. The van der Waals surface area contributed by atoms with E-state index < -0.39 is 0 Å². The second-order valence-corrected chi connectivity index (χ2v) is 8.79. The predicted octanol–water partition coefficient (Wildman–Crippen LogP) is 3.99. The standard InChI is InChI=1S/C26H21N5O3S/c32-25(28-14-11-24-30-31-26(33)35-24)18-5-7-20(8-6-18)34-16-19-15-23(17-9-12-27-13-10-17)29-22-4-2-1-3-21(19)22/h1-10,12-13,15H,11,14,16H2,(H,28,32)(H,31,33). The quantitative estimate of drug-likeness (QED) is 0.345. The van der Waals surface area contributed by atoms with Gasteiger partial charge in [0.05, 0.1) is 11.2 Å². The lowest BCUT2D eigenvalue weighted by atomic mass is 10.1. The zero-order valence-electron chi connectivity index (χ0n) is 18.6. The lowest BCUT2D eigenvalue weighted by Gasteiger charge is -2.12. The fourth-order valence-corrected chi connectivity index (χ4v) is 4.25. The maximum Gasteiger partial charge on any atom is 0.322 e. The molecule has 0 saturated heterocycles. The van der Waals surface area contributed by atoms with Gasteiger partial charge in [-0.3, -0.25) is 14.6 Å². The first-order valence-electron chi connectivity index (χ1n) is 11.0. The van der Waals surface area contributed by atoms with Gasteiger partial charge in [-0.25, -0.2) is 10.1 Å². The lowest BCUT2D eigenvalue weighted by molar-refractivity contribution is 0.0954. The first-order chi connectivity index (χ1) is 17.2. The van der Waals surface area contributed by atoms with Gasteiger partial charge in [-0.15, -0.1) is 0 Å². The van der Waals surface area contributed by atoms with Crippen LogP contribution in [0.15, 0.2) is 83.9 Å². The fourth-order valence-electron chi connectivity index (χ4n) is 3.65. The molecule has 2 aromatic carbocycles. The summed E-state index contributed by atoms with van der Waals surface area (Å²) >= 11 is 1.04. The Morgan fingerprint density at radius 3 is 2.60 bits per heavy atom. The average Bonchev–Trinajstić information content (AvgIpc) is 3.32. The van der Waals surface area contributed by atoms with Crippen LogP contribution in [0.1, 0.15) is 20.9 Å². The molecule has 35 heavy (non-hydrogen) atoms. The van der Waals surface area contributed by atoms with E-state index in [1.165, 1.54) is 0 Å². The van der Waals surface area contributed by atoms with Gasteiger partial charge < -0.3 is 10.1 Å². The molecule has 5 aromatic rings. The molecule has 3 aromatic heterocycles. The number of benzene rings is 2. The first kappa shape index (κ1) is 22.4. The number of H-pyrrole nitrogens is 1. The van der Waals surface area contributed by atoms with Gasteiger partial charge in [0.1, 0.15) is 17.4 Å². The number of hydrogen-bond acceptors (Lipinski definition) is 7. The molecule has 0 spiro atoms. The van der Waals surface area contributed by atoms with Crippen molar-refractivity contribution in [1.29, 1.82) is 0 Å². The highest BCUT2D eigenvalue weighted by molar-refractivity contribution is 7.08. The summed E-state index contributed by atoms with van der Waals surface area (Å²) in [6.07, 6.45) is 4.00. The first-order valence-corrected chi connectivity index (χ1v) is 11.8. The highest BCUT2D eigenvalue weighted by Gasteiger charge is 2.10. The summed E-state index contributed by atoms with van der Waals surface area (Å²) in [5, 5.41) is 10.8. The van der Waals surface area contributed by atoms with E-state index in [9.17, 15) is 9.59 Å². The molecule has 3 heterocycles. The molecule has 8 nitrogen and oxygen atoms in total. The molecule has 0 aliphatic heterocycles. The van der Waals surface area contributed by atoms with E-state index in [1.807, 2.05) is 42.5 Å². The summed E-state index contributed by atoms with van der Waals surface area (Å²) in [6.45, 7) is 0.756. The Kier molecular flexibility index (Phi) is 6.58. The fraction of sp³-hybridized carbons (Fsp3) is 0.115. The molecular formula is C26H21N5O3S. The maximum absolute atomic E-state index is 12.4. The summed E-state index contributed by atoms with van der Waals surface area (Å²) in [7, 11) is 0. The van der Waals surface area contributed by atoms with Gasteiger partial charge >= 0.3 is 4.87 Å². The average molecular weight is 484 g/mol. The number of ether oxygens (including phenoxy) is 1. The van der Waals surface area contributed by atoms with Crippen molar-refractivity contribution in [1.82, 2.24) is 25.5 Å². The molecule has 0 atom stereocenters. The zero-order valence-corrected chi connectivity index (χ0v) is 19.4. The number of pyridine rings is 2. The summed E-state index contributed by atoms with van der Waals surface area (Å²) in [5.74, 6) is 0.468. The van der Waals surface area contributed by atoms with Crippen molar-refractivity contribution >= 4 is 28.1 Å². The molecule has 0 unspecified atom stereocenters. The number of carbonyl (C=O) groups excluding carboxylic acids is 1. The van der Waals surface area contributed by atoms with Crippen molar-refractivity contribution in [2.24, 2.45) is 0 Å². The third kappa shape index (κ3) is 5.42. The summed E-state index contributed by atoms with van der Waals surface area (Å²) in [4.78, 5) is 32.2. The number of fused-ring (bicyclic) bond motifs is 1. The topological polar surface area (TPSA) is 110 Å². The Morgan fingerprint density at radius 2 is 1.83 bits per heavy atom. The van der Waals surface area contributed by atoms with Crippen LogP contribution in [0.3, 0.4) is 0 Å². The largest absolute Gasteiger partial charge is 0.489 e. The van der Waals surface area contributed by atoms with E-state index in [-0.39, 0.29) is 10.8 Å². The van der Waals surface area contributed by atoms with E-state index in [0.29, 0.717) is 35.9 Å². The van der Waals surface area contributed by atoms with E-state index in [4.69, 9.17) is 9.72 Å². The number of aromatic amines is 1. The summed E-state index contributed by atoms with van der Waals surface area (Å²) in [6, 6.07) is 20.9. The number of amides is 1. The van der Waals surface area contributed by atoms with Crippen molar-refractivity contribution in [3.8, 4) is 17.0 Å². The molecule has 2 N–H and O–H groups in total. The Bertz CT molecular complexity index is 1510. The number of hydrogen-bond donors (Lipinski definition) is 2. The Balaban J connectivity index is 1.25. The number of nitrogens with zero attached hydrogens (tertiary/aromatic N) is 3. The molecule has 0 radical (unpaired) electrons. The van der Waals surface area contributed by atoms with E-state index in [1.54, 1.807) is 36.7 Å². The molecular weight excluding hydrogens is 462 g/mol. The van der Waals surface area contributed by atoms with Crippen LogP contribution >= 0.6 is 11.3 Å². The number of rotatable bonds is 8. The Labute approximate surface area is 204 Å². The maximum atomic E-state index is 12.4. The highest BCUT2D eigenvalue weighted by Crippen LogP contribution is 2.26. The second kappa shape index (κ2) is 10.3. The van der Waals surface area contributed by atoms with E-state index >= 15 is 0 Å². The normalized spacial score (nSPS) is 10.9. The molecule has 174 valence electrons. The molecule has 0 aliphatic rings. The predicted molar refractivity (Wildman–Crippen MR) is 135 cm³/mol. The second-order valence-electron chi connectivity index (χ2n) is 7.75. The minimum Gasteiger partial charge on any atom is -0.489 e. The smallest absolute Gasteiger partial charge is 0.322 e. The minimum absolute atomic E-state index is 0.193. The lowest BCUT2D eigenvalue weighted by Crippen LogP contribution is -2.25. The van der Waals surface area contributed by atoms with Gasteiger partial charge in [0.2, 0.25) is 0 Å². The van der Waals surface area contributed by atoms with Gasteiger partial charge in [-0.05, 0) is 48.5 Å². The van der Waals surface area contributed by atoms with Crippen molar-refractivity contribution in [2.45, 2.75) is 13.0 Å². The van der Waals surface area contributed by atoms with Crippen LogP contribution in [0.5, 0.6) is 5.75 Å². The molecule has 0 aliphatic carbocycles. The van der Waals surface area contributed by atoms with E-state index in [2.05, 4.69) is 20.5 Å². The van der Waals surface area contributed by atoms with Gasteiger partial charge in [-0.1, -0.05) is 29.5 Å². The molecule has 1 amide bonds. The molecule has 0 bridgehead atoms. The van der Waals surface area contributed by atoms with Gasteiger partial charge in [-0.2, -0.15) is 5.10 Å². The third-order valence-corrected chi connectivity index (χ3v) is 6.20. The van der Waals surface area contributed by atoms with Crippen molar-refractivity contribution in [3.63, 3.8) is 0 Å². The van der Waals surface area contributed by atoms with Crippen LogP contribution in [-0.4, -0.2) is 32.6 Å². The minimum atomic E-state index is -0.199. The SMILES string of the molecule is O=C(NCCc1n[nH]c(=O)s1)c1ccc(OCc2cc(-c3ccncc3)nc3ccccc23)cc1. The van der Waals surface area contributed by atoms with Crippen LogP contribution in [0.4, 0.5) is 0 Å². The van der Waals surface area contributed by atoms with Crippen molar-refractivity contribution in [2.75, 3.05) is 6.54 Å². The van der Waals surface area contributed by atoms with Crippen LogP contribution in [-0.2, 0) is 13.0 Å². The van der Waals surface area contributed by atoms with Crippen molar-refractivity contribution < 1.29 is 9.53 Å². The number of carbonyl (C=O) groups is 1. The summed E-state index contributed by atoms with van der Waals surface area (Å²) in [5.41, 5.74) is 4.30. The summed E-state index contributed by atoms with van der Waals surface area (Å²) < 4.78 is 6.06. The van der Waals surface area contributed by atoms with Crippen LogP contribution in [0, 0.1) is 0 Å². The number of aromatic nitrogens is 4. The van der Waals surface area contributed by atoms with Gasteiger partial charge in [0, 0.05) is 47.4 Å². The van der Waals surface area contributed by atoms with Crippen LogP contribution < -0.4 is 14.9 Å². The zero-order chi connectivity index (χ0) is 24.0. The number of para-hydroxylation sites is 1. The molecule has 5 rings (SSSR count). The monoisotopic (exact) mass is 483 g/mol. The van der Waals surface area contributed by atoms with Gasteiger partial charge in [0.25, 0.3) is 5.91 Å². The third-order valence-electron chi connectivity index (χ3n) is 5.40. The molecule has 9 heteroatoms. The number of nitrogens with one attached hydrogen (secondary N) is 2. The Hall–Kier alpha value is -4.37. The highest BCUT2D eigenvalue weighted by atomic mass is 32.1.